The molecule has 4 atom stereocenters. The van der Waals surface area contributed by atoms with Crippen molar-refractivity contribution in [1.82, 2.24) is 25.9 Å². The lowest BCUT2D eigenvalue weighted by Crippen LogP contribution is -2.58. The van der Waals surface area contributed by atoms with Crippen molar-refractivity contribution in [2.45, 2.75) is 43.4 Å². The number of aromatic nitrogens is 2. The van der Waals surface area contributed by atoms with Gasteiger partial charge in [0.25, 0.3) is 0 Å². The highest BCUT2D eigenvalue weighted by molar-refractivity contribution is 7.80. The van der Waals surface area contributed by atoms with Gasteiger partial charge in [-0.15, -0.1) is 0 Å². The Morgan fingerprint density at radius 2 is 1.53 bits per heavy atom. The molecule has 0 aliphatic heterocycles. The second kappa shape index (κ2) is 13.6. The van der Waals surface area contributed by atoms with Crippen LogP contribution in [0.2, 0.25) is 0 Å². The molecule has 32 heavy (non-hydrogen) atoms. The summed E-state index contributed by atoms with van der Waals surface area (Å²) in [6.45, 7) is 0. The number of hydrogen-bond donors (Lipinski definition) is 9. The van der Waals surface area contributed by atoms with E-state index in [4.69, 9.17) is 15.9 Å². The van der Waals surface area contributed by atoms with Gasteiger partial charge in [-0.2, -0.15) is 25.3 Å². The number of carboxylic acids is 2. The summed E-state index contributed by atoms with van der Waals surface area (Å²) < 4.78 is 0. The first kappa shape index (κ1) is 27.3. The van der Waals surface area contributed by atoms with Crippen LogP contribution in [0.25, 0.3) is 0 Å². The molecule has 0 aliphatic rings. The summed E-state index contributed by atoms with van der Waals surface area (Å²) in [5.74, 6) is -5.25. The average molecular weight is 491 g/mol. The molecular formula is C17H26N6O7S2. The van der Waals surface area contributed by atoms with Crippen molar-refractivity contribution >= 4 is 54.9 Å². The van der Waals surface area contributed by atoms with Gasteiger partial charge < -0.3 is 36.9 Å². The molecule has 0 aromatic carbocycles. The molecule has 13 nitrogen and oxygen atoms in total. The first-order valence-electron chi connectivity index (χ1n) is 9.39. The second-order valence-corrected chi connectivity index (χ2v) is 7.44. The summed E-state index contributed by atoms with van der Waals surface area (Å²) in [6, 6.07) is -4.88. The van der Waals surface area contributed by atoms with E-state index < -0.39 is 60.2 Å². The van der Waals surface area contributed by atoms with E-state index in [1.54, 1.807) is 0 Å². The second-order valence-electron chi connectivity index (χ2n) is 6.71. The van der Waals surface area contributed by atoms with Gasteiger partial charge in [0, 0.05) is 36.2 Å². The van der Waals surface area contributed by atoms with Gasteiger partial charge >= 0.3 is 11.9 Å². The third kappa shape index (κ3) is 9.15. The number of hydrogen-bond acceptors (Lipinski definition) is 9. The number of nitrogens with one attached hydrogen (secondary N) is 4. The number of imidazole rings is 1. The summed E-state index contributed by atoms with van der Waals surface area (Å²) in [6.07, 6.45) is 2.29. The van der Waals surface area contributed by atoms with Gasteiger partial charge in [-0.05, 0) is 6.42 Å². The molecule has 0 radical (unpaired) electrons. The smallest absolute Gasteiger partial charge is 0.327 e. The van der Waals surface area contributed by atoms with Crippen molar-refractivity contribution in [2.24, 2.45) is 5.73 Å². The van der Waals surface area contributed by atoms with Crippen LogP contribution in [0.1, 0.15) is 18.5 Å². The Balaban J connectivity index is 2.83. The molecule has 4 unspecified atom stereocenters. The zero-order valence-electron chi connectivity index (χ0n) is 16.9. The molecule has 0 bridgehead atoms. The zero-order valence-corrected chi connectivity index (χ0v) is 18.6. The Morgan fingerprint density at radius 3 is 2.03 bits per heavy atom. The van der Waals surface area contributed by atoms with Crippen LogP contribution in [0.3, 0.4) is 0 Å². The van der Waals surface area contributed by atoms with E-state index in [-0.39, 0.29) is 24.3 Å². The minimum Gasteiger partial charge on any atom is -0.481 e. The van der Waals surface area contributed by atoms with Gasteiger partial charge in [0.1, 0.15) is 18.1 Å². The van der Waals surface area contributed by atoms with E-state index in [2.05, 4.69) is 51.2 Å². The van der Waals surface area contributed by atoms with Crippen LogP contribution < -0.4 is 21.7 Å². The third-order valence-electron chi connectivity index (χ3n) is 4.22. The van der Waals surface area contributed by atoms with Gasteiger partial charge in [0.15, 0.2) is 0 Å². The Hall–Kier alpha value is -2.78. The third-order valence-corrected chi connectivity index (χ3v) is 4.95. The minimum absolute atomic E-state index is 0.0983. The largest absolute Gasteiger partial charge is 0.481 e. The Kier molecular flexibility index (Phi) is 11.6. The Labute approximate surface area is 194 Å². The minimum atomic E-state index is -1.31. The summed E-state index contributed by atoms with van der Waals surface area (Å²) in [4.78, 5) is 66.0. The van der Waals surface area contributed by atoms with E-state index in [0.29, 0.717) is 5.69 Å². The lowest BCUT2D eigenvalue weighted by Gasteiger charge is -2.24. The summed E-state index contributed by atoms with van der Waals surface area (Å²) in [7, 11) is 0. The van der Waals surface area contributed by atoms with E-state index in [1.165, 1.54) is 12.5 Å². The Bertz CT molecular complexity index is 807. The number of nitrogens with zero attached hydrogens (tertiary/aromatic N) is 1. The van der Waals surface area contributed by atoms with Crippen LogP contribution in [0.5, 0.6) is 0 Å². The highest BCUT2D eigenvalue weighted by Gasteiger charge is 2.29. The molecule has 0 saturated carbocycles. The predicted molar refractivity (Wildman–Crippen MR) is 118 cm³/mol. The lowest BCUT2D eigenvalue weighted by molar-refractivity contribution is -0.141. The number of thiol groups is 2. The molecule has 0 fully saturated rings. The van der Waals surface area contributed by atoms with E-state index >= 15 is 0 Å². The standard InChI is InChI=1S/C17H26N6O7S2/c18-9(3-8-4-19-7-20-8)14(26)21-10(1-2-13(24)25)15(27)22-11(5-31)16(28)23-12(6-32)17(29)30/h4,7,9-12,31-32H,1-3,5-6,18H2,(H,19,20)(H,21,26)(H,22,27)(H,23,28)(H,24,25)(H,29,30). The van der Waals surface area contributed by atoms with Gasteiger partial charge in [-0.1, -0.05) is 0 Å². The van der Waals surface area contributed by atoms with Crippen LogP contribution in [0.15, 0.2) is 12.5 Å². The number of nitrogens with two attached hydrogens (primary N) is 1. The van der Waals surface area contributed by atoms with Crippen molar-refractivity contribution in [2.75, 3.05) is 11.5 Å². The summed E-state index contributed by atoms with van der Waals surface area (Å²) >= 11 is 7.83. The van der Waals surface area contributed by atoms with Gasteiger partial charge in [-0.3, -0.25) is 19.2 Å². The van der Waals surface area contributed by atoms with E-state index in [0.717, 1.165) is 0 Å². The van der Waals surface area contributed by atoms with E-state index in [9.17, 15) is 24.0 Å². The van der Waals surface area contributed by atoms with Gasteiger partial charge in [0.2, 0.25) is 17.7 Å². The lowest BCUT2D eigenvalue weighted by atomic mass is 10.1. The van der Waals surface area contributed by atoms with Crippen molar-refractivity contribution in [1.29, 1.82) is 0 Å². The molecule has 1 heterocycles. The fraction of sp³-hybridized carbons (Fsp3) is 0.529. The molecule has 1 rings (SSSR count). The van der Waals surface area contributed by atoms with Crippen LogP contribution in [-0.2, 0) is 30.4 Å². The van der Waals surface area contributed by atoms with Crippen LogP contribution in [0, 0.1) is 0 Å². The molecule has 1 aromatic rings. The number of carbonyl (C=O) groups is 5. The highest BCUT2D eigenvalue weighted by Crippen LogP contribution is 2.03. The quantitative estimate of drug-likeness (QED) is 0.126. The maximum Gasteiger partial charge on any atom is 0.327 e. The number of aromatic amines is 1. The maximum atomic E-state index is 12.7. The molecule has 8 N–H and O–H groups in total. The first-order chi connectivity index (χ1) is 15.1. The van der Waals surface area contributed by atoms with E-state index in [1.807, 2.05) is 0 Å². The predicted octanol–water partition coefficient (Wildman–Crippen LogP) is -2.46. The average Bonchev–Trinajstić information content (AvgIpc) is 3.25. The fourth-order valence-corrected chi connectivity index (χ4v) is 2.97. The number of rotatable bonds is 14. The van der Waals surface area contributed by atoms with Crippen molar-refractivity contribution < 1.29 is 34.2 Å². The molecule has 1 aromatic heterocycles. The molecule has 0 aliphatic carbocycles. The van der Waals surface area contributed by atoms with Crippen LogP contribution in [0.4, 0.5) is 0 Å². The van der Waals surface area contributed by atoms with Crippen molar-refractivity contribution in [3.05, 3.63) is 18.2 Å². The normalized spacial score (nSPS) is 14.5. The SMILES string of the molecule is NC(Cc1cnc[nH]1)C(=O)NC(CCC(=O)O)C(=O)NC(CS)C(=O)NC(CS)C(=O)O. The molecule has 178 valence electrons. The number of amides is 3. The van der Waals surface area contributed by atoms with Gasteiger partial charge in [-0.25, -0.2) is 9.78 Å². The first-order valence-corrected chi connectivity index (χ1v) is 10.7. The monoisotopic (exact) mass is 490 g/mol. The number of H-pyrrole nitrogens is 1. The molecule has 3 amide bonds. The molecule has 0 spiro atoms. The van der Waals surface area contributed by atoms with Gasteiger partial charge in [0.05, 0.1) is 12.4 Å². The number of aliphatic carboxylic acids is 2. The molecular weight excluding hydrogens is 464 g/mol. The highest BCUT2D eigenvalue weighted by atomic mass is 32.1. The van der Waals surface area contributed by atoms with Crippen LogP contribution >= 0.6 is 25.3 Å². The fourth-order valence-electron chi connectivity index (χ4n) is 2.47. The molecule has 15 heteroatoms. The maximum absolute atomic E-state index is 12.7. The summed E-state index contributed by atoms with van der Waals surface area (Å²) in [5, 5.41) is 24.9. The Morgan fingerprint density at radius 1 is 0.969 bits per heavy atom. The topological polar surface area (TPSA) is 217 Å². The summed E-state index contributed by atoms with van der Waals surface area (Å²) in [5.41, 5.74) is 6.43. The van der Waals surface area contributed by atoms with Crippen LogP contribution in [-0.4, -0.2) is 85.5 Å². The van der Waals surface area contributed by atoms with Crippen molar-refractivity contribution in [3.63, 3.8) is 0 Å². The van der Waals surface area contributed by atoms with Crippen molar-refractivity contribution in [3.8, 4) is 0 Å². The zero-order chi connectivity index (χ0) is 24.3. The number of carboxylic acid groups (broad SMARTS) is 2. The molecule has 0 saturated heterocycles. The number of carbonyl (C=O) groups excluding carboxylic acids is 3.